The molecule has 1 amide bonds. The van der Waals surface area contributed by atoms with Gasteiger partial charge in [0.05, 0.1) is 12.6 Å². The molecule has 140 valence electrons. The molecule has 4 heteroatoms. The van der Waals surface area contributed by atoms with Crippen LogP contribution < -0.4 is 14.8 Å². The summed E-state index contributed by atoms with van der Waals surface area (Å²) in [5.74, 6) is 1.39. The van der Waals surface area contributed by atoms with Crippen molar-refractivity contribution in [1.82, 2.24) is 5.32 Å². The van der Waals surface area contributed by atoms with Gasteiger partial charge in [-0.2, -0.15) is 0 Å². The van der Waals surface area contributed by atoms with Crippen LogP contribution in [0.1, 0.15) is 32.4 Å². The number of amides is 1. The molecule has 0 aliphatic carbocycles. The lowest BCUT2D eigenvalue weighted by molar-refractivity contribution is -0.127. The number of fused-ring (bicyclic) bond motifs is 1. The molecule has 0 bridgehead atoms. The zero-order chi connectivity index (χ0) is 19.2. The van der Waals surface area contributed by atoms with Crippen LogP contribution in [0, 0.1) is 0 Å². The minimum Gasteiger partial charge on any atom is -0.494 e. The Kier molecular flexibility index (Phi) is 5.97. The highest BCUT2D eigenvalue weighted by atomic mass is 16.5. The molecule has 0 heterocycles. The molecule has 2 atom stereocenters. The number of benzene rings is 3. The van der Waals surface area contributed by atoms with Gasteiger partial charge in [-0.3, -0.25) is 4.79 Å². The first kappa shape index (κ1) is 18.8. The van der Waals surface area contributed by atoms with Gasteiger partial charge in [0.1, 0.15) is 11.5 Å². The smallest absolute Gasteiger partial charge is 0.261 e. The molecule has 27 heavy (non-hydrogen) atoms. The lowest BCUT2D eigenvalue weighted by Gasteiger charge is -2.20. The SMILES string of the molecule is CCOc1ccc(C(C)NC(=O)C(C)Oc2cccc3ccccc23)cc1. The maximum absolute atomic E-state index is 12.6. The van der Waals surface area contributed by atoms with Crippen LogP contribution in [0.25, 0.3) is 10.8 Å². The van der Waals surface area contributed by atoms with Crippen molar-refractivity contribution in [3.05, 3.63) is 72.3 Å². The van der Waals surface area contributed by atoms with E-state index in [1.54, 1.807) is 6.92 Å². The molecule has 0 fully saturated rings. The standard InChI is InChI=1S/C23H25NO3/c1-4-26-20-14-12-18(13-15-20)16(2)24-23(25)17(3)27-22-11-7-9-19-8-5-6-10-21(19)22/h5-17H,4H2,1-3H3,(H,24,25). The lowest BCUT2D eigenvalue weighted by Crippen LogP contribution is -2.37. The number of hydrogen-bond acceptors (Lipinski definition) is 3. The fourth-order valence-corrected chi connectivity index (χ4v) is 2.98. The van der Waals surface area contributed by atoms with Gasteiger partial charge in [-0.1, -0.05) is 48.5 Å². The summed E-state index contributed by atoms with van der Waals surface area (Å²) in [7, 11) is 0. The summed E-state index contributed by atoms with van der Waals surface area (Å²) in [5, 5.41) is 5.10. The number of nitrogens with one attached hydrogen (secondary N) is 1. The van der Waals surface area contributed by atoms with E-state index in [9.17, 15) is 4.79 Å². The van der Waals surface area contributed by atoms with Gasteiger partial charge in [-0.15, -0.1) is 0 Å². The summed E-state index contributed by atoms with van der Waals surface area (Å²) < 4.78 is 11.4. The van der Waals surface area contributed by atoms with E-state index < -0.39 is 6.10 Å². The van der Waals surface area contributed by atoms with Crippen molar-refractivity contribution in [2.45, 2.75) is 32.9 Å². The van der Waals surface area contributed by atoms with Gasteiger partial charge in [-0.05, 0) is 49.9 Å². The van der Waals surface area contributed by atoms with Crippen molar-refractivity contribution in [3.8, 4) is 11.5 Å². The second kappa shape index (κ2) is 8.58. The third-order valence-electron chi connectivity index (χ3n) is 4.47. The third-order valence-corrected chi connectivity index (χ3v) is 4.47. The molecule has 3 aromatic carbocycles. The monoisotopic (exact) mass is 363 g/mol. The van der Waals surface area contributed by atoms with Gasteiger partial charge in [0.2, 0.25) is 0 Å². The highest BCUT2D eigenvalue weighted by Crippen LogP contribution is 2.26. The first-order valence-corrected chi connectivity index (χ1v) is 9.26. The predicted molar refractivity (Wildman–Crippen MR) is 108 cm³/mol. The summed E-state index contributed by atoms with van der Waals surface area (Å²) in [6, 6.07) is 21.5. The van der Waals surface area contributed by atoms with Crippen molar-refractivity contribution < 1.29 is 14.3 Å². The normalized spacial score (nSPS) is 13.0. The Bertz CT molecular complexity index is 900. The fourth-order valence-electron chi connectivity index (χ4n) is 2.98. The third kappa shape index (κ3) is 4.59. The van der Waals surface area contributed by atoms with E-state index >= 15 is 0 Å². The van der Waals surface area contributed by atoms with Crippen molar-refractivity contribution >= 4 is 16.7 Å². The molecule has 1 N–H and O–H groups in total. The highest BCUT2D eigenvalue weighted by molar-refractivity contribution is 5.89. The Balaban J connectivity index is 1.64. The summed E-state index contributed by atoms with van der Waals surface area (Å²) in [4.78, 5) is 12.6. The van der Waals surface area contributed by atoms with E-state index in [1.807, 2.05) is 80.6 Å². The predicted octanol–water partition coefficient (Wildman–Crippen LogP) is 4.88. The zero-order valence-corrected chi connectivity index (χ0v) is 15.9. The molecule has 0 aromatic heterocycles. The van der Waals surface area contributed by atoms with Crippen LogP contribution in [0.2, 0.25) is 0 Å². The number of carbonyl (C=O) groups is 1. The van der Waals surface area contributed by atoms with E-state index in [0.29, 0.717) is 12.4 Å². The average molecular weight is 363 g/mol. The van der Waals surface area contributed by atoms with Gasteiger partial charge in [0.15, 0.2) is 6.10 Å². The van der Waals surface area contributed by atoms with Gasteiger partial charge >= 0.3 is 0 Å². The van der Waals surface area contributed by atoms with Crippen LogP contribution in [-0.2, 0) is 4.79 Å². The van der Waals surface area contributed by atoms with E-state index in [1.165, 1.54) is 0 Å². The summed E-state index contributed by atoms with van der Waals surface area (Å²) in [5.41, 5.74) is 1.02. The molecule has 0 saturated carbocycles. The minimum atomic E-state index is -0.596. The molecule has 0 saturated heterocycles. The van der Waals surface area contributed by atoms with Crippen molar-refractivity contribution in [3.63, 3.8) is 0 Å². The van der Waals surface area contributed by atoms with Gasteiger partial charge in [-0.25, -0.2) is 0 Å². The average Bonchev–Trinajstić information content (AvgIpc) is 2.69. The van der Waals surface area contributed by atoms with Crippen LogP contribution in [0.3, 0.4) is 0 Å². The Labute approximate surface area is 160 Å². The van der Waals surface area contributed by atoms with Gasteiger partial charge in [0.25, 0.3) is 5.91 Å². The molecule has 3 rings (SSSR count). The lowest BCUT2D eigenvalue weighted by atomic mass is 10.1. The number of hydrogen-bond donors (Lipinski definition) is 1. The second-order valence-electron chi connectivity index (χ2n) is 6.47. The first-order valence-electron chi connectivity index (χ1n) is 9.26. The van der Waals surface area contributed by atoms with Gasteiger partial charge < -0.3 is 14.8 Å². The van der Waals surface area contributed by atoms with Crippen molar-refractivity contribution in [2.24, 2.45) is 0 Å². The molecule has 0 aliphatic heterocycles. The van der Waals surface area contributed by atoms with Crippen molar-refractivity contribution in [2.75, 3.05) is 6.61 Å². The summed E-state index contributed by atoms with van der Waals surface area (Å²) >= 11 is 0. The molecule has 0 spiro atoms. The number of rotatable bonds is 7. The quantitative estimate of drug-likeness (QED) is 0.650. The van der Waals surface area contributed by atoms with Crippen LogP contribution in [0.5, 0.6) is 11.5 Å². The van der Waals surface area contributed by atoms with E-state index in [4.69, 9.17) is 9.47 Å². The van der Waals surface area contributed by atoms with E-state index in [2.05, 4.69) is 5.32 Å². The maximum atomic E-state index is 12.6. The molecular weight excluding hydrogens is 338 g/mol. The van der Waals surface area contributed by atoms with E-state index in [-0.39, 0.29) is 11.9 Å². The Hall–Kier alpha value is -3.01. The van der Waals surface area contributed by atoms with Crippen LogP contribution >= 0.6 is 0 Å². The highest BCUT2D eigenvalue weighted by Gasteiger charge is 2.18. The summed E-state index contributed by atoms with van der Waals surface area (Å²) in [6.07, 6.45) is -0.596. The van der Waals surface area contributed by atoms with Crippen LogP contribution in [0.15, 0.2) is 66.7 Å². The minimum absolute atomic E-state index is 0.119. The Morgan fingerprint density at radius 3 is 2.41 bits per heavy atom. The van der Waals surface area contributed by atoms with Crippen LogP contribution in [0.4, 0.5) is 0 Å². The van der Waals surface area contributed by atoms with E-state index in [0.717, 1.165) is 22.1 Å². The zero-order valence-electron chi connectivity index (χ0n) is 15.9. The largest absolute Gasteiger partial charge is 0.494 e. The molecular formula is C23H25NO3. The molecule has 4 nitrogen and oxygen atoms in total. The number of carbonyl (C=O) groups excluding carboxylic acids is 1. The topological polar surface area (TPSA) is 47.6 Å². The van der Waals surface area contributed by atoms with Gasteiger partial charge in [0, 0.05) is 5.39 Å². The number of ether oxygens (including phenoxy) is 2. The molecule has 2 unspecified atom stereocenters. The Morgan fingerprint density at radius 2 is 1.67 bits per heavy atom. The molecule has 3 aromatic rings. The van der Waals surface area contributed by atoms with Crippen molar-refractivity contribution in [1.29, 1.82) is 0 Å². The molecule has 0 aliphatic rings. The summed E-state index contributed by atoms with van der Waals surface area (Å²) in [6.45, 7) is 6.31. The fraction of sp³-hybridized carbons (Fsp3) is 0.261. The Morgan fingerprint density at radius 1 is 0.963 bits per heavy atom. The molecule has 0 radical (unpaired) electrons. The van der Waals surface area contributed by atoms with Crippen LogP contribution in [-0.4, -0.2) is 18.6 Å². The second-order valence-corrected chi connectivity index (χ2v) is 6.47. The first-order chi connectivity index (χ1) is 13.1. The maximum Gasteiger partial charge on any atom is 0.261 e.